The lowest BCUT2D eigenvalue weighted by atomic mass is 10.1. The molecule has 0 saturated heterocycles. The van der Waals surface area contributed by atoms with Crippen LogP contribution in [0.15, 0.2) is 55.2 Å². The van der Waals surface area contributed by atoms with Crippen molar-refractivity contribution in [3.05, 3.63) is 60.8 Å². The highest BCUT2D eigenvalue weighted by atomic mass is 31.0. The average molecular weight is 445 g/mol. The molecule has 0 saturated carbocycles. The third-order valence-electron chi connectivity index (χ3n) is 5.54. The second kappa shape index (κ2) is 8.65. The molecule has 0 radical (unpaired) electrons. The minimum absolute atomic E-state index is 0.00321. The molecule has 32 heavy (non-hydrogen) atoms. The standard InChI is InChI=1S/C23H24N7OP/c1-14(12-31)30-13-27-20-22(25-7-6-15-10-26-19-5-3-2-4-18(15)19)28-21(29-23(20)30)16-8-17(32)11-24-9-16/h2-5,8-11,13-14,26,31H,6-7,12,32H2,1H3,(H,25,28,29)/t14-/m0/s1. The third kappa shape index (κ3) is 3.83. The van der Waals surface area contributed by atoms with Gasteiger partial charge in [-0.05, 0) is 36.3 Å². The van der Waals surface area contributed by atoms with Gasteiger partial charge in [0.15, 0.2) is 17.3 Å². The van der Waals surface area contributed by atoms with Gasteiger partial charge in [0, 0.05) is 41.6 Å². The Hall–Kier alpha value is -3.35. The highest BCUT2D eigenvalue weighted by molar-refractivity contribution is 7.27. The van der Waals surface area contributed by atoms with Crippen molar-refractivity contribution in [1.29, 1.82) is 0 Å². The normalized spacial score (nSPS) is 12.5. The van der Waals surface area contributed by atoms with E-state index in [-0.39, 0.29) is 12.6 Å². The van der Waals surface area contributed by atoms with Gasteiger partial charge in [-0.3, -0.25) is 4.98 Å². The second-order valence-corrected chi connectivity index (χ2v) is 8.46. The smallest absolute Gasteiger partial charge is 0.166 e. The SMILES string of the molecule is C[C@@H](CO)n1cnc2c(NCCc3c[nH]c4ccccc34)nc(-c3cncc(P)c3)nc21. The predicted molar refractivity (Wildman–Crippen MR) is 130 cm³/mol. The molecule has 1 aromatic carbocycles. The van der Waals surface area contributed by atoms with Gasteiger partial charge in [-0.25, -0.2) is 15.0 Å². The number of hydrogen-bond acceptors (Lipinski definition) is 6. The Kier molecular flexibility index (Phi) is 5.55. The van der Waals surface area contributed by atoms with Gasteiger partial charge in [0.1, 0.15) is 5.52 Å². The van der Waals surface area contributed by atoms with Gasteiger partial charge in [-0.15, -0.1) is 9.24 Å². The Bertz CT molecular complexity index is 1390. The summed E-state index contributed by atoms with van der Waals surface area (Å²) in [6, 6.07) is 10.1. The summed E-state index contributed by atoms with van der Waals surface area (Å²) in [6.07, 6.45) is 8.12. The molecule has 8 nitrogen and oxygen atoms in total. The zero-order chi connectivity index (χ0) is 22.1. The molecular weight excluding hydrogens is 421 g/mol. The monoisotopic (exact) mass is 445 g/mol. The first-order valence-electron chi connectivity index (χ1n) is 10.5. The van der Waals surface area contributed by atoms with E-state index in [1.165, 1.54) is 10.9 Å². The van der Waals surface area contributed by atoms with Crippen molar-refractivity contribution in [2.24, 2.45) is 0 Å². The number of aromatic amines is 1. The summed E-state index contributed by atoms with van der Waals surface area (Å²) < 4.78 is 1.88. The highest BCUT2D eigenvalue weighted by Crippen LogP contribution is 2.26. The van der Waals surface area contributed by atoms with E-state index >= 15 is 0 Å². The van der Waals surface area contributed by atoms with Crippen LogP contribution in [0.25, 0.3) is 33.5 Å². The lowest BCUT2D eigenvalue weighted by molar-refractivity contribution is 0.241. The maximum atomic E-state index is 9.67. The van der Waals surface area contributed by atoms with Crippen LogP contribution < -0.4 is 10.6 Å². The largest absolute Gasteiger partial charge is 0.394 e. The van der Waals surface area contributed by atoms with Crippen LogP contribution in [-0.2, 0) is 6.42 Å². The quantitative estimate of drug-likeness (QED) is 0.333. The summed E-state index contributed by atoms with van der Waals surface area (Å²) in [5, 5.41) is 15.3. The van der Waals surface area contributed by atoms with Crippen LogP contribution in [0.3, 0.4) is 0 Å². The Balaban J connectivity index is 1.50. The summed E-state index contributed by atoms with van der Waals surface area (Å²) in [5.41, 5.74) is 4.57. The van der Waals surface area contributed by atoms with E-state index in [9.17, 15) is 5.11 Å². The van der Waals surface area contributed by atoms with Crippen LogP contribution in [0.4, 0.5) is 5.82 Å². The van der Waals surface area contributed by atoms with Crippen LogP contribution in [0, 0.1) is 0 Å². The number of benzene rings is 1. The van der Waals surface area contributed by atoms with E-state index < -0.39 is 0 Å². The number of imidazole rings is 1. The molecule has 0 fully saturated rings. The van der Waals surface area contributed by atoms with Crippen molar-refractivity contribution < 1.29 is 5.11 Å². The number of anilines is 1. The second-order valence-electron chi connectivity index (χ2n) is 7.79. The number of fused-ring (bicyclic) bond motifs is 2. The van der Waals surface area contributed by atoms with Gasteiger partial charge in [0.05, 0.1) is 19.0 Å². The topological polar surface area (TPSA) is 105 Å². The number of para-hydroxylation sites is 1. The number of aliphatic hydroxyl groups excluding tert-OH is 1. The first-order chi connectivity index (χ1) is 15.6. The molecule has 4 heterocycles. The molecule has 162 valence electrons. The molecule has 0 bridgehead atoms. The van der Waals surface area contributed by atoms with Crippen LogP contribution in [0.1, 0.15) is 18.5 Å². The van der Waals surface area contributed by atoms with E-state index in [1.54, 1.807) is 18.7 Å². The zero-order valence-corrected chi connectivity index (χ0v) is 18.8. The first kappa shape index (κ1) is 20.5. The minimum Gasteiger partial charge on any atom is -0.394 e. The van der Waals surface area contributed by atoms with Crippen LogP contribution in [0.2, 0.25) is 0 Å². The van der Waals surface area contributed by atoms with Crippen molar-refractivity contribution in [3.63, 3.8) is 0 Å². The van der Waals surface area contributed by atoms with Crippen molar-refractivity contribution in [2.75, 3.05) is 18.5 Å². The van der Waals surface area contributed by atoms with Gasteiger partial charge in [0.25, 0.3) is 0 Å². The predicted octanol–water partition coefficient (Wildman–Crippen LogP) is 3.08. The average Bonchev–Trinajstić information content (AvgIpc) is 3.43. The summed E-state index contributed by atoms with van der Waals surface area (Å²) in [7, 11) is 2.65. The van der Waals surface area contributed by atoms with E-state index in [1.807, 2.05) is 23.6 Å². The fourth-order valence-corrected chi connectivity index (χ4v) is 4.08. The Labute approximate surface area is 187 Å². The number of hydrogen-bond donors (Lipinski definition) is 3. The van der Waals surface area contributed by atoms with Gasteiger partial charge in [-0.2, -0.15) is 0 Å². The fourth-order valence-electron chi connectivity index (χ4n) is 3.81. The number of H-pyrrole nitrogens is 1. The Morgan fingerprint density at radius 2 is 2.09 bits per heavy atom. The lowest BCUT2D eigenvalue weighted by Crippen LogP contribution is -2.11. The third-order valence-corrected chi connectivity index (χ3v) is 5.86. The molecule has 0 amide bonds. The summed E-state index contributed by atoms with van der Waals surface area (Å²) in [5.74, 6) is 1.23. The number of aromatic nitrogens is 6. The molecule has 4 aromatic heterocycles. The van der Waals surface area contributed by atoms with Gasteiger partial charge in [0.2, 0.25) is 0 Å². The molecule has 5 rings (SSSR count). The molecule has 0 aliphatic heterocycles. The van der Waals surface area contributed by atoms with E-state index in [0.717, 1.165) is 22.8 Å². The van der Waals surface area contributed by atoms with Gasteiger partial charge < -0.3 is 20.0 Å². The fraction of sp³-hybridized carbons (Fsp3) is 0.217. The number of pyridine rings is 1. The Morgan fingerprint density at radius 1 is 1.22 bits per heavy atom. The van der Waals surface area contributed by atoms with Gasteiger partial charge in [-0.1, -0.05) is 18.2 Å². The van der Waals surface area contributed by atoms with Crippen molar-refractivity contribution in [2.45, 2.75) is 19.4 Å². The Morgan fingerprint density at radius 3 is 2.94 bits per heavy atom. The number of aliphatic hydroxyl groups is 1. The molecule has 9 heteroatoms. The number of rotatable bonds is 7. The van der Waals surface area contributed by atoms with Crippen molar-refractivity contribution in [1.82, 2.24) is 29.5 Å². The van der Waals surface area contributed by atoms with E-state index in [2.05, 4.69) is 53.9 Å². The molecule has 0 spiro atoms. The molecule has 5 aromatic rings. The highest BCUT2D eigenvalue weighted by Gasteiger charge is 2.17. The lowest BCUT2D eigenvalue weighted by Gasteiger charge is -2.12. The van der Waals surface area contributed by atoms with Crippen molar-refractivity contribution in [3.8, 4) is 11.4 Å². The molecular formula is C23H24N7OP. The number of nitrogens with zero attached hydrogens (tertiary/aromatic N) is 5. The number of nitrogens with one attached hydrogen (secondary N) is 2. The molecule has 2 atom stereocenters. The van der Waals surface area contributed by atoms with Crippen LogP contribution in [0.5, 0.6) is 0 Å². The van der Waals surface area contributed by atoms with Crippen molar-refractivity contribution >= 4 is 42.4 Å². The zero-order valence-electron chi connectivity index (χ0n) is 17.7. The minimum atomic E-state index is -0.145. The van der Waals surface area contributed by atoms with Crippen LogP contribution in [-0.4, -0.2) is 47.7 Å². The molecule has 1 unspecified atom stereocenters. The maximum Gasteiger partial charge on any atom is 0.166 e. The summed E-state index contributed by atoms with van der Waals surface area (Å²) in [4.78, 5) is 21.7. The van der Waals surface area contributed by atoms with Gasteiger partial charge >= 0.3 is 0 Å². The maximum absolute atomic E-state index is 9.67. The molecule has 3 N–H and O–H groups in total. The van der Waals surface area contributed by atoms with E-state index in [0.29, 0.717) is 29.4 Å². The molecule has 0 aliphatic carbocycles. The summed E-state index contributed by atoms with van der Waals surface area (Å²) >= 11 is 0. The summed E-state index contributed by atoms with van der Waals surface area (Å²) in [6.45, 7) is 2.62. The van der Waals surface area contributed by atoms with E-state index in [4.69, 9.17) is 9.97 Å². The molecule has 0 aliphatic rings. The first-order valence-corrected chi connectivity index (χ1v) is 11.1. The van der Waals surface area contributed by atoms with Crippen LogP contribution >= 0.6 is 9.24 Å².